The molecule has 34 heavy (non-hydrogen) atoms. The van der Waals surface area contributed by atoms with Crippen molar-refractivity contribution in [2.75, 3.05) is 13.9 Å². The van der Waals surface area contributed by atoms with E-state index in [0.29, 0.717) is 27.0 Å². The van der Waals surface area contributed by atoms with Gasteiger partial charge in [-0.1, -0.05) is 11.6 Å². The normalized spacial score (nSPS) is 16.1. The van der Waals surface area contributed by atoms with Crippen molar-refractivity contribution in [3.05, 3.63) is 74.9 Å². The van der Waals surface area contributed by atoms with Crippen LogP contribution in [-0.4, -0.2) is 34.5 Å². The summed E-state index contributed by atoms with van der Waals surface area (Å²) in [6, 6.07) is 13.1. The summed E-state index contributed by atoms with van der Waals surface area (Å²) in [5.41, 5.74) is 4.46. The van der Waals surface area contributed by atoms with Crippen LogP contribution >= 0.6 is 23.4 Å². The number of fused-ring (bicyclic) bond motifs is 1. The van der Waals surface area contributed by atoms with Crippen molar-refractivity contribution in [1.82, 2.24) is 9.47 Å². The lowest BCUT2D eigenvalue weighted by atomic mass is 10.2. The highest BCUT2D eigenvalue weighted by Crippen LogP contribution is 2.39. The molecule has 1 aromatic heterocycles. The van der Waals surface area contributed by atoms with Gasteiger partial charge in [0.2, 0.25) is 6.79 Å². The molecule has 0 aliphatic carbocycles. The predicted molar refractivity (Wildman–Crippen MR) is 131 cm³/mol. The van der Waals surface area contributed by atoms with Gasteiger partial charge in [0.15, 0.2) is 11.5 Å². The van der Waals surface area contributed by atoms with Crippen molar-refractivity contribution in [3.8, 4) is 22.9 Å². The van der Waals surface area contributed by atoms with E-state index < -0.39 is 0 Å². The van der Waals surface area contributed by atoms with Crippen LogP contribution in [0.1, 0.15) is 22.5 Å². The fraction of sp³-hybridized carbons (Fsp3) is 0.200. The van der Waals surface area contributed by atoms with Crippen LogP contribution in [0.2, 0.25) is 5.02 Å². The van der Waals surface area contributed by atoms with Crippen LogP contribution in [0.5, 0.6) is 17.2 Å². The molecule has 2 amide bonds. The summed E-state index contributed by atoms with van der Waals surface area (Å²) in [5.74, 6) is 1.53. The van der Waals surface area contributed by atoms with Crippen molar-refractivity contribution < 1.29 is 23.8 Å². The van der Waals surface area contributed by atoms with E-state index in [1.165, 1.54) is 4.90 Å². The molecule has 1 saturated heterocycles. The second kappa shape index (κ2) is 8.77. The fourth-order valence-electron chi connectivity index (χ4n) is 4.09. The third-order valence-electron chi connectivity index (χ3n) is 5.83. The zero-order valence-corrected chi connectivity index (χ0v) is 20.3. The van der Waals surface area contributed by atoms with Gasteiger partial charge >= 0.3 is 0 Å². The molecule has 0 saturated carbocycles. The maximum atomic E-state index is 13.1. The zero-order chi connectivity index (χ0) is 24.0. The molecule has 0 spiro atoms. The number of aromatic nitrogens is 1. The summed E-state index contributed by atoms with van der Waals surface area (Å²) < 4.78 is 18.1. The summed E-state index contributed by atoms with van der Waals surface area (Å²) in [7, 11) is 1.63. The van der Waals surface area contributed by atoms with Crippen LogP contribution in [0.3, 0.4) is 0 Å². The molecule has 0 unspecified atom stereocenters. The maximum absolute atomic E-state index is 13.1. The van der Waals surface area contributed by atoms with Gasteiger partial charge in [-0.25, -0.2) is 0 Å². The smallest absolute Gasteiger partial charge is 0.293 e. The molecule has 0 bridgehead atoms. The number of amides is 2. The van der Waals surface area contributed by atoms with Gasteiger partial charge in [0.25, 0.3) is 11.1 Å². The van der Waals surface area contributed by atoms with E-state index in [1.54, 1.807) is 25.3 Å². The van der Waals surface area contributed by atoms with Gasteiger partial charge in [-0.2, -0.15) is 0 Å². The summed E-state index contributed by atoms with van der Waals surface area (Å²) in [6.07, 6.45) is 1.77. The van der Waals surface area contributed by atoms with E-state index in [2.05, 4.69) is 4.57 Å². The minimum atomic E-state index is -0.349. The first-order valence-corrected chi connectivity index (χ1v) is 11.7. The molecule has 1 fully saturated rings. The molecule has 3 heterocycles. The number of hydrogen-bond acceptors (Lipinski definition) is 6. The Bertz CT molecular complexity index is 1350. The number of halogens is 1. The molecule has 174 valence electrons. The van der Waals surface area contributed by atoms with Gasteiger partial charge in [-0.15, -0.1) is 0 Å². The van der Waals surface area contributed by atoms with Crippen LogP contribution in [0.15, 0.2) is 47.4 Å². The molecule has 0 atom stereocenters. The Morgan fingerprint density at radius 2 is 1.79 bits per heavy atom. The van der Waals surface area contributed by atoms with E-state index >= 15 is 0 Å². The predicted octanol–water partition coefficient (Wildman–Crippen LogP) is 5.72. The number of methoxy groups -OCH3 is 1. The monoisotopic (exact) mass is 496 g/mol. The highest BCUT2D eigenvalue weighted by Gasteiger charge is 2.36. The Morgan fingerprint density at radius 3 is 2.50 bits per heavy atom. The average Bonchev–Trinajstić information content (AvgIpc) is 3.46. The Morgan fingerprint density at radius 1 is 1.09 bits per heavy atom. The number of ether oxygens (including phenoxy) is 3. The summed E-state index contributed by atoms with van der Waals surface area (Å²) in [5, 5.41) is 0.0734. The summed E-state index contributed by atoms with van der Waals surface area (Å²) in [6.45, 7) is 4.17. The molecule has 0 radical (unpaired) electrons. The maximum Gasteiger partial charge on any atom is 0.293 e. The Balaban J connectivity index is 1.41. The number of aryl methyl sites for hydroxylation is 1. The second-order valence-corrected chi connectivity index (χ2v) is 9.33. The SMILES string of the molecule is COc1ccc(-n2c(C)cc(/C=C3\SC(=O)N(Cc4cc5c(cc4Cl)OCO5)C3=O)c2C)cc1. The minimum absolute atomic E-state index is 0.0579. The zero-order valence-electron chi connectivity index (χ0n) is 18.8. The molecular formula is C25H21ClN2O5S. The molecule has 5 rings (SSSR count). The quantitative estimate of drug-likeness (QED) is 0.421. The lowest BCUT2D eigenvalue weighted by Gasteiger charge is -2.14. The van der Waals surface area contributed by atoms with E-state index in [1.807, 2.05) is 44.2 Å². The van der Waals surface area contributed by atoms with Gasteiger partial charge < -0.3 is 18.8 Å². The van der Waals surface area contributed by atoms with Crippen molar-refractivity contribution in [3.63, 3.8) is 0 Å². The molecule has 2 aliphatic rings. The minimum Gasteiger partial charge on any atom is -0.497 e. The first-order valence-electron chi connectivity index (χ1n) is 10.5. The number of nitrogens with zero attached hydrogens (tertiary/aromatic N) is 2. The molecule has 0 N–H and O–H groups in total. The largest absolute Gasteiger partial charge is 0.497 e. The van der Waals surface area contributed by atoms with Crippen LogP contribution < -0.4 is 14.2 Å². The first-order chi connectivity index (χ1) is 16.4. The number of thioether (sulfide) groups is 1. The van der Waals surface area contributed by atoms with E-state index in [9.17, 15) is 9.59 Å². The number of rotatable bonds is 5. The van der Waals surface area contributed by atoms with Crippen molar-refractivity contribution in [1.29, 1.82) is 0 Å². The molecule has 2 aliphatic heterocycles. The first kappa shape index (κ1) is 22.4. The Labute approximate surface area is 205 Å². The third-order valence-corrected chi connectivity index (χ3v) is 7.09. The van der Waals surface area contributed by atoms with Gasteiger partial charge in [0.1, 0.15) is 5.75 Å². The van der Waals surface area contributed by atoms with Gasteiger partial charge in [0, 0.05) is 28.2 Å². The number of carbonyl (C=O) groups excluding carboxylic acids is 2. The highest BCUT2D eigenvalue weighted by atomic mass is 35.5. The topological polar surface area (TPSA) is 70.0 Å². The molecule has 7 nitrogen and oxygen atoms in total. The molecular weight excluding hydrogens is 476 g/mol. The van der Waals surface area contributed by atoms with Gasteiger partial charge in [-0.3, -0.25) is 14.5 Å². The van der Waals surface area contributed by atoms with Crippen LogP contribution in [0, 0.1) is 13.8 Å². The average molecular weight is 497 g/mol. The molecule has 9 heteroatoms. The molecule has 2 aromatic carbocycles. The van der Waals surface area contributed by atoms with E-state index in [4.69, 9.17) is 25.8 Å². The number of hydrogen-bond donors (Lipinski definition) is 0. The number of benzene rings is 2. The number of imide groups is 1. The third kappa shape index (κ3) is 3.93. The van der Waals surface area contributed by atoms with E-state index in [-0.39, 0.29) is 24.5 Å². The van der Waals surface area contributed by atoms with Crippen LogP contribution in [0.25, 0.3) is 11.8 Å². The van der Waals surface area contributed by atoms with Crippen molar-refractivity contribution in [2.45, 2.75) is 20.4 Å². The van der Waals surface area contributed by atoms with E-state index in [0.717, 1.165) is 40.2 Å². The van der Waals surface area contributed by atoms with Crippen molar-refractivity contribution >= 4 is 40.6 Å². The van der Waals surface area contributed by atoms with Crippen molar-refractivity contribution in [2.24, 2.45) is 0 Å². The molecule has 3 aromatic rings. The summed E-state index contributed by atoms with van der Waals surface area (Å²) in [4.78, 5) is 27.4. The second-order valence-electron chi connectivity index (χ2n) is 7.92. The lowest BCUT2D eigenvalue weighted by Crippen LogP contribution is -2.27. The Kier molecular flexibility index (Phi) is 5.79. The Hall–Kier alpha value is -3.36. The van der Waals surface area contributed by atoms with Crippen LogP contribution in [-0.2, 0) is 11.3 Å². The number of carbonyl (C=O) groups is 2. The summed E-state index contributed by atoms with van der Waals surface area (Å²) >= 11 is 7.27. The highest BCUT2D eigenvalue weighted by molar-refractivity contribution is 8.18. The fourth-order valence-corrected chi connectivity index (χ4v) is 5.13. The van der Waals surface area contributed by atoms with Gasteiger partial charge in [0.05, 0.1) is 18.6 Å². The lowest BCUT2D eigenvalue weighted by molar-refractivity contribution is -0.123. The van der Waals surface area contributed by atoms with Crippen LogP contribution in [0.4, 0.5) is 4.79 Å². The van der Waals surface area contributed by atoms with Gasteiger partial charge in [-0.05, 0) is 79.2 Å². The standard InChI is InChI=1S/C25H21ClN2O5S/c1-14-8-16(15(2)28(14)18-4-6-19(31-3)7-5-18)10-23-24(29)27(25(30)34-23)12-17-9-21-22(11-20(17)26)33-13-32-21/h4-11H,12-13H2,1-3H3/b23-10-.